The summed E-state index contributed by atoms with van der Waals surface area (Å²) in [4.78, 5) is 31.8. The SMILES string of the molecule is CC1CN(C(=O)COC(=O)c2cc(C3CC3)nc3c2cnn3C(C)C)CC(C)O1. The highest BCUT2D eigenvalue weighted by Gasteiger charge is 2.30. The maximum atomic E-state index is 12.9. The molecule has 1 amide bonds. The standard InChI is InChI=1S/C21H28N4O4/c1-12(2)25-20-17(8-22-25)16(7-18(23-20)15-5-6-15)21(27)28-11-19(26)24-9-13(3)29-14(4)10-24/h7-8,12-15H,5-6,9-11H2,1-4H3. The third-order valence-electron chi connectivity index (χ3n) is 5.39. The zero-order valence-electron chi connectivity index (χ0n) is 17.4. The maximum absolute atomic E-state index is 12.9. The monoisotopic (exact) mass is 400 g/mol. The van der Waals surface area contributed by atoms with Gasteiger partial charge in [0.2, 0.25) is 0 Å². The Morgan fingerprint density at radius 1 is 1.24 bits per heavy atom. The number of hydrogen-bond acceptors (Lipinski definition) is 6. The van der Waals surface area contributed by atoms with Crippen molar-refractivity contribution in [3.8, 4) is 0 Å². The Morgan fingerprint density at radius 2 is 1.93 bits per heavy atom. The van der Waals surface area contributed by atoms with Gasteiger partial charge in [-0.2, -0.15) is 5.10 Å². The predicted molar refractivity (Wildman–Crippen MR) is 107 cm³/mol. The Morgan fingerprint density at radius 3 is 2.55 bits per heavy atom. The van der Waals surface area contributed by atoms with Gasteiger partial charge in [-0.15, -0.1) is 0 Å². The summed E-state index contributed by atoms with van der Waals surface area (Å²) in [5.41, 5.74) is 2.02. The third kappa shape index (κ3) is 4.12. The summed E-state index contributed by atoms with van der Waals surface area (Å²) >= 11 is 0. The molecule has 0 N–H and O–H groups in total. The van der Waals surface area contributed by atoms with Gasteiger partial charge in [-0.3, -0.25) is 4.79 Å². The first-order chi connectivity index (χ1) is 13.8. The molecular formula is C21H28N4O4. The average Bonchev–Trinajstić information content (AvgIpc) is 3.43. The Balaban J connectivity index is 1.53. The van der Waals surface area contributed by atoms with Crippen LogP contribution < -0.4 is 0 Å². The first-order valence-electron chi connectivity index (χ1n) is 10.3. The minimum Gasteiger partial charge on any atom is -0.452 e. The van der Waals surface area contributed by atoms with Gasteiger partial charge in [0.25, 0.3) is 5.91 Å². The van der Waals surface area contributed by atoms with Crippen LogP contribution in [0.1, 0.15) is 68.5 Å². The van der Waals surface area contributed by atoms with Gasteiger partial charge in [0.1, 0.15) is 0 Å². The van der Waals surface area contributed by atoms with Gasteiger partial charge in [-0.25, -0.2) is 14.5 Å². The molecule has 1 aliphatic carbocycles. The van der Waals surface area contributed by atoms with Crippen molar-refractivity contribution in [2.45, 2.75) is 64.7 Å². The molecule has 8 nitrogen and oxygen atoms in total. The largest absolute Gasteiger partial charge is 0.452 e. The molecule has 1 aliphatic heterocycles. The van der Waals surface area contributed by atoms with E-state index in [1.165, 1.54) is 0 Å². The fraction of sp³-hybridized carbons (Fsp3) is 0.619. The van der Waals surface area contributed by atoms with Gasteiger partial charge < -0.3 is 14.4 Å². The van der Waals surface area contributed by atoms with Crippen molar-refractivity contribution in [1.82, 2.24) is 19.7 Å². The Kier molecular flexibility index (Phi) is 5.29. The summed E-state index contributed by atoms with van der Waals surface area (Å²) < 4.78 is 12.9. The van der Waals surface area contributed by atoms with E-state index in [2.05, 4.69) is 5.10 Å². The van der Waals surface area contributed by atoms with Crippen molar-refractivity contribution in [2.75, 3.05) is 19.7 Å². The minimum atomic E-state index is -0.509. The number of carbonyl (C=O) groups excluding carboxylic acids is 2. The molecule has 8 heteroatoms. The fourth-order valence-corrected chi connectivity index (χ4v) is 3.85. The lowest BCUT2D eigenvalue weighted by molar-refractivity contribution is -0.146. The Bertz CT molecular complexity index is 924. The number of carbonyl (C=O) groups is 2. The lowest BCUT2D eigenvalue weighted by atomic mass is 10.1. The van der Waals surface area contributed by atoms with Crippen molar-refractivity contribution in [1.29, 1.82) is 0 Å². The average molecular weight is 400 g/mol. The van der Waals surface area contributed by atoms with Gasteiger partial charge in [0.15, 0.2) is 12.3 Å². The molecule has 0 aromatic carbocycles. The van der Waals surface area contributed by atoms with E-state index in [1.807, 2.05) is 32.4 Å². The molecule has 2 atom stereocenters. The number of ether oxygens (including phenoxy) is 2. The molecule has 29 heavy (non-hydrogen) atoms. The van der Waals surface area contributed by atoms with Crippen LogP contribution in [-0.2, 0) is 14.3 Å². The Hall–Kier alpha value is -2.48. The summed E-state index contributed by atoms with van der Waals surface area (Å²) in [6.45, 7) is 8.65. The quantitative estimate of drug-likeness (QED) is 0.717. The molecule has 0 radical (unpaired) electrons. The van der Waals surface area contributed by atoms with E-state index in [0.717, 1.165) is 18.5 Å². The van der Waals surface area contributed by atoms with Crippen LogP contribution in [-0.4, -0.2) is 63.4 Å². The summed E-state index contributed by atoms with van der Waals surface area (Å²) in [5, 5.41) is 5.06. The molecule has 2 aliphatic rings. The van der Waals surface area contributed by atoms with Crippen LogP contribution in [0.25, 0.3) is 11.0 Å². The predicted octanol–water partition coefficient (Wildman–Crippen LogP) is 2.68. The second-order valence-corrected chi connectivity index (χ2v) is 8.42. The topological polar surface area (TPSA) is 86.5 Å². The number of fused-ring (bicyclic) bond motifs is 1. The molecule has 156 valence electrons. The van der Waals surface area contributed by atoms with Gasteiger partial charge >= 0.3 is 5.97 Å². The van der Waals surface area contributed by atoms with Crippen LogP contribution in [0.3, 0.4) is 0 Å². The maximum Gasteiger partial charge on any atom is 0.339 e. The molecule has 4 rings (SSSR count). The van der Waals surface area contributed by atoms with Crippen molar-refractivity contribution in [2.24, 2.45) is 0 Å². The van der Waals surface area contributed by atoms with E-state index in [-0.39, 0.29) is 30.8 Å². The summed E-state index contributed by atoms with van der Waals surface area (Å²) in [6, 6.07) is 1.93. The highest BCUT2D eigenvalue weighted by Crippen LogP contribution is 2.40. The number of morpholine rings is 1. The zero-order valence-corrected chi connectivity index (χ0v) is 17.4. The number of aromatic nitrogens is 3. The van der Waals surface area contributed by atoms with Crippen LogP contribution in [0.4, 0.5) is 0 Å². The fourth-order valence-electron chi connectivity index (χ4n) is 3.85. The van der Waals surface area contributed by atoms with E-state index >= 15 is 0 Å². The lowest BCUT2D eigenvalue weighted by Gasteiger charge is -2.35. The summed E-state index contributed by atoms with van der Waals surface area (Å²) in [7, 11) is 0. The first kappa shape index (κ1) is 19.8. The highest BCUT2D eigenvalue weighted by atomic mass is 16.5. The van der Waals surface area contributed by atoms with Crippen molar-refractivity contribution in [3.63, 3.8) is 0 Å². The molecule has 0 bridgehead atoms. The molecule has 1 saturated heterocycles. The number of pyridine rings is 1. The molecule has 2 unspecified atom stereocenters. The normalized spacial score (nSPS) is 22.3. The van der Waals surface area contributed by atoms with Crippen molar-refractivity contribution >= 4 is 22.9 Å². The van der Waals surface area contributed by atoms with Gasteiger partial charge in [-0.05, 0) is 46.6 Å². The highest BCUT2D eigenvalue weighted by molar-refractivity contribution is 6.03. The van der Waals surface area contributed by atoms with Crippen LogP contribution in [0, 0.1) is 0 Å². The number of rotatable bonds is 5. The number of esters is 1. The molecule has 3 heterocycles. The molecule has 2 aromatic rings. The number of hydrogen-bond donors (Lipinski definition) is 0. The van der Waals surface area contributed by atoms with E-state index < -0.39 is 5.97 Å². The molecule has 2 fully saturated rings. The Labute approximate surface area is 170 Å². The van der Waals surface area contributed by atoms with E-state index in [1.54, 1.807) is 17.2 Å². The summed E-state index contributed by atoms with van der Waals surface area (Å²) in [5.74, 6) is -0.323. The summed E-state index contributed by atoms with van der Waals surface area (Å²) in [6.07, 6.45) is 3.76. The first-order valence-corrected chi connectivity index (χ1v) is 10.3. The smallest absolute Gasteiger partial charge is 0.339 e. The van der Waals surface area contributed by atoms with Crippen LogP contribution in [0.5, 0.6) is 0 Å². The van der Waals surface area contributed by atoms with Crippen LogP contribution in [0.15, 0.2) is 12.3 Å². The van der Waals surface area contributed by atoms with Gasteiger partial charge in [0, 0.05) is 30.7 Å². The zero-order chi connectivity index (χ0) is 20.7. The van der Waals surface area contributed by atoms with E-state index in [0.29, 0.717) is 35.6 Å². The minimum absolute atomic E-state index is 0.0267. The van der Waals surface area contributed by atoms with Crippen LogP contribution >= 0.6 is 0 Å². The number of nitrogens with zero attached hydrogens (tertiary/aromatic N) is 4. The molecule has 2 aromatic heterocycles. The number of amides is 1. The molecule has 0 spiro atoms. The lowest BCUT2D eigenvalue weighted by Crippen LogP contribution is -2.49. The van der Waals surface area contributed by atoms with Crippen molar-refractivity contribution in [3.05, 3.63) is 23.5 Å². The third-order valence-corrected chi connectivity index (χ3v) is 5.39. The molecule has 1 saturated carbocycles. The molecular weight excluding hydrogens is 372 g/mol. The second-order valence-electron chi connectivity index (χ2n) is 8.42. The van der Waals surface area contributed by atoms with Gasteiger partial charge in [-0.1, -0.05) is 0 Å². The van der Waals surface area contributed by atoms with E-state index in [4.69, 9.17) is 14.5 Å². The van der Waals surface area contributed by atoms with Gasteiger partial charge in [0.05, 0.1) is 29.4 Å². The van der Waals surface area contributed by atoms with Crippen LogP contribution in [0.2, 0.25) is 0 Å². The second kappa shape index (κ2) is 7.74. The van der Waals surface area contributed by atoms with E-state index in [9.17, 15) is 9.59 Å². The van der Waals surface area contributed by atoms with Crippen molar-refractivity contribution < 1.29 is 19.1 Å².